The fraction of sp³-hybridized carbons (Fsp3) is 0.235. The molecule has 1 N–H and O–H groups in total. The molecule has 0 aliphatic carbocycles. The number of rotatable bonds is 4. The Hall–Kier alpha value is -2.50. The Morgan fingerprint density at radius 3 is 2.57 bits per heavy atom. The molecular weight excluding hydrogens is 305 g/mol. The summed E-state index contributed by atoms with van der Waals surface area (Å²) in [6.07, 6.45) is -1.97. The molecule has 2 heterocycles. The van der Waals surface area contributed by atoms with Gasteiger partial charge in [0, 0.05) is 18.7 Å². The smallest absolute Gasteiger partial charge is 0.416 e. The van der Waals surface area contributed by atoms with E-state index >= 15 is 0 Å². The summed E-state index contributed by atoms with van der Waals surface area (Å²) in [6.45, 7) is 2.32. The lowest BCUT2D eigenvalue weighted by Crippen LogP contribution is -2.06. The monoisotopic (exact) mass is 320 g/mol. The summed E-state index contributed by atoms with van der Waals surface area (Å²) < 4.78 is 43.1. The first-order valence-corrected chi connectivity index (χ1v) is 7.17. The highest BCUT2D eigenvalue weighted by molar-refractivity contribution is 5.78. The fourth-order valence-corrected chi connectivity index (χ4v) is 2.39. The summed E-state index contributed by atoms with van der Waals surface area (Å²) in [5, 5.41) is 0. The lowest BCUT2D eigenvalue weighted by molar-refractivity contribution is -0.137. The number of hydrogen-bond donors (Lipinski definition) is 1. The first kappa shape index (κ1) is 15.4. The topological polar surface area (TPSA) is 37.9 Å². The number of nitrogens with zero attached hydrogens (tertiary/aromatic N) is 1. The Bertz CT molecular complexity index is 807. The van der Waals surface area contributed by atoms with Crippen molar-refractivity contribution in [2.45, 2.75) is 19.5 Å². The maximum absolute atomic E-state index is 12.5. The van der Waals surface area contributed by atoms with Crippen LogP contribution in [0.3, 0.4) is 0 Å². The molecule has 23 heavy (non-hydrogen) atoms. The second kappa shape index (κ2) is 5.95. The summed E-state index contributed by atoms with van der Waals surface area (Å²) >= 11 is 0. The molecule has 2 aromatic heterocycles. The average Bonchev–Trinajstić information content (AvgIpc) is 2.96. The van der Waals surface area contributed by atoms with Gasteiger partial charge in [0.1, 0.15) is 0 Å². The van der Waals surface area contributed by atoms with Crippen LogP contribution in [0.1, 0.15) is 16.7 Å². The van der Waals surface area contributed by atoms with Gasteiger partial charge in [0.05, 0.1) is 23.2 Å². The summed E-state index contributed by atoms with van der Waals surface area (Å²) in [5.41, 5.74) is 2.98. The number of halogens is 3. The second-order valence-corrected chi connectivity index (χ2v) is 5.31. The molecule has 1 aromatic carbocycles. The lowest BCUT2D eigenvalue weighted by atomic mass is 10.1. The number of alkyl halides is 3. The van der Waals surface area contributed by atoms with Crippen molar-refractivity contribution in [3.05, 3.63) is 59.3 Å². The number of nitrogens with one attached hydrogen (secondary N) is 1. The molecule has 0 spiro atoms. The third kappa shape index (κ3) is 3.47. The number of aromatic amines is 1. The van der Waals surface area contributed by atoms with E-state index in [1.165, 1.54) is 12.1 Å². The van der Waals surface area contributed by atoms with Gasteiger partial charge < -0.3 is 9.72 Å². The summed E-state index contributed by atoms with van der Waals surface area (Å²) in [7, 11) is 0. The number of pyridine rings is 1. The van der Waals surface area contributed by atoms with Crippen molar-refractivity contribution in [1.29, 1.82) is 0 Å². The zero-order valence-electron chi connectivity index (χ0n) is 12.4. The molecule has 3 aromatic rings. The lowest BCUT2D eigenvalue weighted by Gasteiger charge is -2.09. The Labute approximate surface area is 131 Å². The molecule has 0 radical (unpaired) electrons. The number of aryl methyl sites for hydroxylation is 1. The third-order valence-corrected chi connectivity index (χ3v) is 3.61. The molecule has 0 aliphatic rings. The van der Waals surface area contributed by atoms with E-state index in [0.29, 0.717) is 18.9 Å². The predicted octanol–water partition coefficient (Wildman–Crippen LogP) is 4.51. The van der Waals surface area contributed by atoms with Crippen molar-refractivity contribution >= 4 is 11.0 Å². The number of hydrogen-bond acceptors (Lipinski definition) is 2. The van der Waals surface area contributed by atoms with E-state index in [1.807, 2.05) is 25.3 Å². The van der Waals surface area contributed by atoms with Crippen LogP contribution in [-0.2, 0) is 12.6 Å². The fourth-order valence-electron chi connectivity index (χ4n) is 2.39. The maximum Gasteiger partial charge on any atom is 0.416 e. The van der Waals surface area contributed by atoms with E-state index in [-0.39, 0.29) is 0 Å². The van der Waals surface area contributed by atoms with E-state index in [1.54, 1.807) is 0 Å². The highest BCUT2D eigenvalue weighted by atomic mass is 19.4. The Morgan fingerprint density at radius 2 is 1.87 bits per heavy atom. The Morgan fingerprint density at radius 1 is 1.13 bits per heavy atom. The SMILES string of the molecule is Cc1cc(OCCc2ccc(C(F)(F)F)cc2)nc2cc[nH]c12. The highest BCUT2D eigenvalue weighted by Gasteiger charge is 2.29. The van der Waals surface area contributed by atoms with Crippen LogP contribution in [0.2, 0.25) is 0 Å². The van der Waals surface area contributed by atoms with Gasteiger partial charge in [0.25, 0.3) is 0 Å². The van der Waals surface area contributed by atoms with Crippen molar-refractivity contribution in [3.8, 4) is 5.88 Å². The third-order valence-electron chi connectivity index (χ3n) is 3.61. The van der Waals surface area contributed by atoms with Crippen LogP contribution in [0.25, 0.3) is 11.0 Å². The van der Waals surface area contributed by atoms with Gasteiger partial charge in [0.15, 0.2) is 0 Å². The molecule has 0 bridgehead atoms. The minimum absolute atomic E-state index is 0.355. The van der Waals surface area contributed by atoms with Crippen molar-refractivity contribution in [2.24, 2.45) is 0 Å². The van der Waals surface area contributed by atoms with E-state index in [0.717, 1.165) is 34.3 Å². The van der Waals surface area contributed by atoms with Crippen LogP contribution < -0.4 is 4.74 Å². The minimum Gasteiger partial charge on any atom is -0.477 e. The summed E-state index contributed by atoms with van der Waals surface area (Å²) in [5.74, 6) is 0.515. The highest BCUT2D eigenvalue weighted by Crippen LogP contribution is 2.29. The molecule has 6 heteroatoms. The molecule has 3 nitrogen and oxygen atoms in total. The summed E-state index contributed by atoms with van der Waals surface area (Å²) in [6, 6.07) is 8.82. The van der Waals surface area contributed by atoms with Crippen LogP contribution >= 0.6 is 0 Å². The molecule has 3 rings (SSSR count). The molecular formula is C17H15F3N2O. The van der Waals surface area contributed by atoms with E-state index in [9.17, 15) is 13.2 Å². The maximum atomic E-state index is 12.5. The van der Waals surface area contributed by atoms with Crippen molar-refractivity contribution in [3.63, 3.8) is 0 Å². The van der Waals surface area contributed by atoms with Crippen LogP contribution in [0, 0.1) is 6.92 Å². The van der Waals surface area contributed by atoms with Gasteiger partial charge in [-0.2, -0.15) is 13.2 Å². The van der Waals surface area contributed by atoms with Crippen molar-refractivity contribution in [1.82, 2.24) is 9.97 Å². The number of benzene rings is 1. The molecule has 0 amide bonds. The number of ether oxygens (including phenoxy) is 1. The largest absolute Gasteiger partial charge is 0.477 e. The molecule has 0 aliphatic heterocycles. The van der Waals surface area contributed by atoms with Gasteiger partial charge >= 0.3 is 6.18 Å². The van der Waals surface area contributed by atoms with Crippen LogP contribution in [0.15, 0.2) is 42.6 Å². The number of fused-ring (bicyclic) bond motifs is 1. The predicted molar refractivity (Wildman–Crippen MR) is 81.5 cm³/mol. The number of aromatic nitrogens is 2. The van der Waals surface area contributed by atoms with Crippen LogP contribution in [0.5, 0.6) is 5.88 Å². The zero-order chi connectivity index (χ0) is 16.4. The molecule has 0 saturated carbocycles. The van der Waals surface area contributed by atoms with E-state index < -0.39 is 11.7 Å². The second-order valence-electron chi connectivity index (χ2n) is 5.31. The molecule has 0 atom stereocenters. The van der Waals surface area contributed by atoms with Crippen molar-refractivity contribution < 1.29 is 17.9 Å². The first-order chi connectivity index (χ1) is 10.9. The summed E-state index contributed by atoms with van der Waals surface area (Å²) in [4.78, 5) is 7.48. The molecule has 0 unspecified atom stereocenters. The quantitative estimate of drug-likeness (QED) is 0.768. The van der Waals surface area contributed by atoms with Gasteiger partial charge in [-0.15, -0.1) is 0 Å². The van der Waals surface area contributed by atoms with Gasteiger partial charge in [0.2, 0.25) is 5.88 Å². The average molecular weight is 320 g/mol. The van der Waals surface area contributed by atoms with Crippen molar-refractivity contribution in [2.75, 3.05) is 6.61 Å². The standard InChI is InChI=1S/C17H15F3N2O/c1-11-10-15(22-14-6-8-21-16(11)14)23-9-7-12-2-4-13(5-3-12)17(18,19)20/h2-6,8,10,21H,7,9H2,1H3. The van der Waals surface area contributed by atoms with Gasteiger partial charge in [-0.25, -0.2) is 4.98 Å². The van der Waals surface area contributed by atoms with E-state index in [2.05, 4.69) is 9.97 Å². The number of H-pyrrole nitrogens is 1. The van der Waals surface area contributed by atoms with Gasteiger partial charge in [-0.05, 0) is 36.2 Å². The first-order valence-electron chi connectivity index (χ1n) is 7.17. The van der Waals surface area contributed by atoms with Gasteiger partial charge in [-0.1, -0.05) is 12.1 Å². The minimum atomic E-state index is -4.30. The van der Waals surface area contributed by atoms with Gasteiger partial charge in [-0.3, -0.25) is 0 Å². The Balaban J connectivity index is 1.62. The van der Waals surface area contributed by atoms with Crippen LogP contribution in [0.4, 0.5) is 13.2 Å². The molecule has 0 saturated heterocycles. The normalized spacial score (nSPS) is 11.8. The molecule has 120 valence electrons. The Kier molecular flexibility index (Phi) is 3.98. The van der Waals surface area contributed by atoms with E-state index in [4.69, 9.17) is 4.74 Å². The van der Waals surface area contributed by atoms with Crippen LogP contribution in [-0.4, -0.2) is 16.6 Å². The zero-order valence-corrected chi connectivity index (χ0v) is 12.4. The molecule has 0 fully saturated rings.